The van der Waals surface area contributed by atoms with Gasteiger partial charge in [0.05, 0.1) is 22.4 Å². The number of furan rings is 1. The van der Waals surface area contributed by atoms with Gasteiger partial charge in [0.15, 0.2) is 0 Å². The van der Waals surface area contributed by atoms with Gasteiger partial charge in [0, 0.05) is 38.5 Å². The van der Waals surface area contributed by atoms with E-state index in [4.69, 9.17) is 4.42 Å². The Bertz CT molecular complexity index is 2830. The van der Waals surface area contributed by atoms with Crippen LogP contribution in [0.2, 0.25) is 0 Å². The van der Waals surface area contributed by atoms with Crippen molar-refractivity contribution in [3.05, 3.63) is 182 Å². The predicted octanol–water partition coefficient (Wildman–Crippen LogP) is 13.0. The molecule has 3 heteroatoms. The van der Waals surface area contributed by atoms with Crippen LogP contribution in [0.1, 0.15) is 0 Å². The van der Waals surface area contributed by atoms with Crippen LogP contribution in [-0.4, -0.2) is 4.57 Å². The van der Waals surface area contributed by atoms with E-state index < -0.39 is 0 Å². The molecule has 0 aliphatic carbocycles. The molecular weight excluding hydrogens is 597 g/mol. The molecule has 230 valence electrons. The SMILES string of the molecule is c1ccc(-c2ccccc2N(c2ccc3c(ccc4oc5ccccc5c43)c2)c2cccc3c4ccccc4n(-c4ccccc4)c23)cc1. The van der Waals surface area contributed by atoms with E-state index in [0.717, 1.165) is 55.6 Å². The molecule has 8 aromatic carbocycles. The molecule has 2 heterocycles. The first kappa shape index (κ1) is 27.5. The topological polar surface area (TPSA) is 21.3 Å². The highest BCUT2D eigenvalue weighted by molar-refractivity contribution is 6.20. The lowest BCUT2D eigenvalue weighted by molar-refractivity contribution is 0.669. The zero-order valence-electron chi connectivity index (χ0n) is 26.6. The van der Waals surface area contributed by atoms with E-state index in [2.05, 4.69) is 179 Å². The van der Waals surface area contributed by atoms with Gasteiger partial charge in [-0.15, -0.1) is 0 Å². The summed E-state index contributed by atoms with van der Waals surface area (Å²) < 4.78 is 8.68. The molecule has 0 aliphatic rings. The fraction of sp³-hybridized carbons (Fsp3) is 0. The van der Waals surface area contributed by atoms with Crippen LogP contribution in [0, 0.1) is 0 Å². The van der Waals surface area contributed by atoms with Gasteiger partial charge < -0.3 is 13.9 Å². The number of hydrogen-bond acceptors (Lipinski definition) is 2. The second kappa shape index (κ2) is 11.0. The highest BCUT2D eigenvalue weighted by Crippen LogP contribution is 2.47. The Hall–Kier alpha value is -6.58. The predicted molar refractivity (Wildman–Crippen MR) is 206 cm³/mol. The fourth-order valence-corrected chi connectivity index (χ4v) is 7.64. The summed E-state index contributed by atoms with van der Waals surface area (Å²) in [5.74, 6) is 0. The minimum absolute atomic E-state index is 0.907. The lowest BCUT2D eigenvalue weighted by Crippen LogP contribution is -2.13. The number of anilines is 3. The number of aromatic nitrogens is 1. The standard InChI is InChI=1S/C46H30N2O/c1-3-14-31(15-4-1)35-18-7-10-22-40(35)47(34-27-28-36-32(30-34)26-29-44-45(36)39-20-9-12-25-43(39)49-44)42-24-13-21-38-37-19-8-11-23-41(37)48(46(38)42)33-16-5-2-6-17-33/h1-30H. The number of nitrogens with zero attached hydrogens (tertiary/aromatic N) is 2. The van der Waals surface area contributed by atoms with E-state index in [0.29, 0.717) is 0 Å². The zero-order valence-corrected chi connectivity index (χ0v) is 26.6. The first-order valence-electron chi connectivity index (χ1n) is 16.7. The van der Waals surface area contributed by atoms with Gasteiger partial charge in [-0.2, -0.15) is 0 Å². The van der Waals surface area contributed by atoms with Crippen molar-refractivity contribution in [2.24, 2.45) is 0 Å². The van der Waals surface area contributed by atoms with E-state index in [9.17, 15) is 0 Å². The van der Waals surface area contributed by atoms with Gasteiger partial charge in [-0.3, -0.25) is 0 Å². The molecule has 2 aromatic heterocycles. The van der Waals surface area contributed by atoms with Crippen molar-refractivity contribution in [3.8, 4) is 16.8 Å². The van der Waals surface area contributed by atoms with Crippen LogP contribution in [0.15, 0.2) is 186 Å². The van der Waals surface area contributed by atoms with Crippen LogP contribution in [0.3, 0.4) is 0 Å². The Morgan fingerprint density at radius 2 is 1.14 bits per heavy atom. The largest absolute Gasteiger partial charge is 0.456 e. The molecule has 0 spiro atoms. The summed E-state index contributed by atoms with van der Waals surface area (Å²) in [5, 5.41) is 7.08. The lowest BCUT2D eigenvalue weighted by atomic mass is 10.00. The summed E-state index contributed by atoms with van der Waals surface area (Å²) in [6.07, 6.45) is 0. The molecule has 0 fully saturated rings. The van der Waals surface area contributed by atoms with E-state index in [1.165, 1.54) is 32.8 Å². The van der Waals surface area contributed by atoms with Crippen LogP contribution in [-0.2, 0) is 0 Å². The Labute approximate surface area is 283 Å². The normalized spacial score (nSPS) is 11.7. The smallest absolute Gasteiger partial charge is 0.136 e. The minimum Gasteiger partial charge on any atom is -0.456 e. The quantitative estimate of drug-likeness (QED) is 0.190. The molecule has 0 amide bonds. The zero-order chi connectivity index (χ0) is 32.3. The van der Waals surface area contributed by atoms with Crippen molar-refractivity contribution in [3.63, 3.8) is 0 Å². The summed E-state index contributed by atoms with van der Waals surface area (Å²) >= 11 is 0. The van der Waals surface area contributed by atoms with Crippen LogP contribution in [0.25, 0.3) is 71.3 Å². The van der Waals surface area contributed by atoms with Crippen LogP contribution >= 0.6 is 0 Å². The first-order chi connectivity index (χ1) is 24.3. The second-order valence-corrected chi connectivity index (χ2v) is 12.5. The number of fused-ring (bicyclic) bond motifs is 8. The van der Waals surface area contributed by atoms with Crippen LogP contribution in [0.4, 0.5) is 17.1 Å². The Kier molecular flexibility index (Phi) is 6.18. The average molecular weight is 627 g/mol. The molecule has 0 radical (unpaired) electrons. The summed E-state index contributed by atoms with van der Waals surface area (Å²) in [6.45, 7) is 0. The molecule has 0 aliphatic heterocycles. The van der Waals surface area contributed by atoms with Crippen molar-refractivity contribution in [2.45, 2.75) is 0 Å². The Balaban J connectivity index is 1.31. The van der Waals surface area contributed by atoms with Crippen molar-refractivity contribution < 1.29 is 4.42 Å². The van der Waals surface area contributed by atoms with E-state index >= 15 is 0 Å². The molecular formula is C46H30N2O. The molecule has 0 atom stereocenters. The van der Waals surface area contributed by atoms with Crippen molar-refractivity contribution in [2.75, 3.05) is 4.90 Å². The molecule has 10 rings (SSSR count). The van der Waals surface area contributed by atoms with E-state index in [-0.39, 0.29) is 0 Å². The molecule has 3 nitrogen and oxygen atoms in total. The Morgan fingerprint density at radius 3 is 2.02 bits per heavy atom. The number of hydrogen-bond donors (Lipinski definition) is 0. The van der Waals surface area contributed by atoms with Crippen LogP contribution in [0.5, 0.6) is 0 Å². The summed E-state index contributed by atoms with van der Waals surface area (Å²) in [6, 6.07) is 65.0. The summed E-state index contributed by atoms with van der Waals surface area (Å²) in [5.41, 5.74) is 10.9. The molecule has 0 N–H and O–H groups in total. The number of rotatable bonds is 5. The van der Waals surface area contributed by atoms with Gasteiger partial charge in [0.1, 0.15) is 11.2 Å². The van der Waals surface area contributed by atoms with Gasteiger partial charge in [0.2, 0.25) is 0 Å². The Morgan fingerprint density at radius 1 is 0.449 bits per heavy atom. The maximum atomic E-state index is 6.26. The lowest BCUT2D eigenvalue weighted by Gasteiger charge is -2.29. The molecule has 0 unspecified atom stereocenters. The number of benzene rings is 8. The summed E-state index contributed by atoms with van der Waals surface area (Å²) in [4.78, 5) is 2.44. The van der Waals surface area contributed by atoms with Gasteiger partial charge in [-0.05, 0) is 70.9 Å². The third-order valence-electron chi connectivity index (χ3n) is 9.76. The molecule has 49 heavy (non-hydrogen) atoms. The number of para-hydroxylation sites is 5. The third-order valence-corrected chi connectivity index (χ3v) is 9.76. The maximum Gasteiger partial charge on any atom is 0.136 e. The van der Waals surface area contributed by atoms with Crippen molar-refractivity contribution in [1.29, 1.82) is 0 Å². The molecule has 0 saturated heterocycles. The molecule has 10 aromatic rings. The molecule has 0 saturated carbocycles. The average Bonchev–Trinajstić information content (AvgIpc) is 3.73. The molecule has 0 bridgehead atoms. The van der Waals surface area contributed by atoms with Crippen molar-refractivity contribution in [1.82, 2.24) is 4.57 Å². The monoisotopic (exact) mass is 626 g/mol. The van der Waals surface area contributed by atoms with Crippen molar-refractivity contribution >= 4 is 71.6 Å². The van der Waals surface area contributed by atoms with Crippen LogP contribution < -0.4 is 4.90 Å². The van der Waals surface area contributed by atoms with Gasteiger partial charge in [0.25, 0.3) is 0 Å². The fourth-order valence-electron chi connectivity index (χ4n) is 7.64. The van der Waals surface area contributed by atoms with E-state index in [1.54, 1.807) is 0 Å². The maximum absolute atomic E-state index is 6.26. The van der Waals surface area contributed by atoms with E-state index in [1.807, 2.05) is 12.1 Å². The third kappa shape index (κ3) is 4.29. The summed E-state index contributed by atoms with van der Waals surface area (Å²) in [7, 11) is 0. The second-order valence-electron chi connectivity index (χ2n) is 12.5. The highest BCUT2D eigenvalue weighted by atomic mass is 16.3. The van der Waals surface area contributed by atoms with Gasteiger partial charge in [-0.25, -0.2) is 0 Å². The highest BCUT2D eigenvalue weighted by Gasteiger charge is 2.24. The minimum atomic E-state index is 0.907. The van der Waals surface area contributed by atoms with Gasteiger partial charge >= 0.3 is 0 Å². The first-order valence-corrected chi connectivity index (χ1v) is 16.7. The van der Waals surface area contributed by atoms with Gasteiger partial charge in [-0.1, -0.05) is 127 Å².